The molecule has 150 valence electrons. The van der Waals surface area contributed by atoms with Crippen LogP contribution in [0, 0.1) is 5.92 Å². The van der Waals surface area contributed by atoms with E-state index in [-0.39, 0.29) is 18.3 Å². The van der Waals surface area contributed by atoms with Crippen molar-refractivity contribution in [3.63, 3.8) is 0 Å². The fraction of sp³-hybridized carbons (Fsp3) is 0.333. The SMILES string of the molecule is CCOC(=O)c1c(NC(=O)Cc2cccc3ccccc23)sc2c1CC[C@H](C)C2. The second kappa shape index (κ2) is 8.37. The fourth-order valence-electron chi connectivity index (χ4n) is 4.05. The molecule has 0 unspecified atom stereocenters. The Hall–Kier alpha value is -2.66. The van der Waals surface area contributed by atoms with Gasteiger partial charge in [-0.25, -0.2) is 4.79 Å². The summed E-state index contributed by atoms with van der Waals surface area (Å²) in [5, 5.41) is 5.84. The van der Waals surface area contributed by atoms with Gasteiger partial charge in [-0.05, 0) is 54.0 Å². The van der Waals surface area contributed by atoms with Gasteiger partial charge >= 0.3 is 5.97 Å². The third kappa shape index (κ3) is 4.06. The molecule has 0 saturated heterocycles. The summed E-state index contributed by atoms with van der Waals surface area (Å²) in [6, 6.07) is 14.1. The molecular formula is C24H25NO3S. The Labute approximate surface area is 174 Å². The average Bonchev–Trinajstić information content (AvgIpc) is 3.05. The Balaban J connectivity index is 1.61. The van der Waals surface area contributed by atoms with Crippen LogP contribution in [0.3, 0.4) is 0 Å². The van der Waals surface area contributed by atoms with Crippen molar-refractivity contribution in [3.05, 3.63) is 64.0 Å². The van der Waals surface area contributed by atoms with Crippen LogP contribution in [-0.4, -0.2) is 18.5 Å². The number of esters is 1. The van der Waals surface area contributed by atoms with E-state index in [1.54, 1.807) is 6.92 Å². The molecule has 1 heterocycles. The van der Waals surface area contributed by atoms with E-state index < -0.39 is 0 Å². The van der Waals surface area contributed by atoms with E-state index in [0.29, 0.717) is 23.1 Å². The molecule has 1 aliphatic carbocycles. The maximum atomic E-state index is 12.9. The summed E-state index contributed by atoms with van der Waals surface area (Å²) in [4.78, 5) is 26.7. The molecule has 0 saturated carbocycles. The molecular weight excluding hydrogens is 382 g/mol. The second-order valence-corrected chi connectivity index (χ2v) is 8.74. The third-order valence-corrected chi connectivity index (χ3v) is 6.64. The van der Waals surface area contributed by atoms with Crippen LogP contribution in [-0.2, 0) is 28.8 Å². The highest BCUT2D eigenvalue weighted by atomic mass is 32.1. The Kier molecular flexibility index (Phi) is 5.67. The Morgan fingerprint density at radius 1 is 1.17 bits per heavy atom. The average molecular weight is 408 g/mol. The lowest BCUT2D eigenvalue weighted by Crippen LogP contribution is -2.18. The van der Waals surface area contributed by atoms with Crippen LogP contribution in [0.1, 0.15) is 46.6 Å². The molecule has 1 N–H and O–H groups in total. The summed E-state index contributed by atoms with van der Waals surface area (Å²) in [7, 11) is 0. The van der Waals surface area contributed by atoms with Crippen LogP contribution < -0.4 is 5.32 Å². The summed E-state index contributed by atoms with van der Waals surface area (Å²) in [6.45, 7) is 4.35. The van der Waals surface area contributed by atoms with Crippen molar-refractivity contribution in [2.45, 2.75) is 39.5 Å². The molecule has 0 radical (unpaired) electrons. The number of carbonyl (C=O) groups is 2. The van der Waals surface area contributed by atoms with Gasteiger partial charge in [-0.2, -0.15) is 0 Å². The number of hydrogen-bond donors (Lipinski definition) is 1. The van der Waals surface area contributed by atoms with Crippen molar-refractivity contribution in [1.29, 1.82) is 0 Å². The highest BCUT2D eigenvalue weighted by molar-refractivity contribution is 7.17. The molecule has 3 aromatic rings. The highest BCUT2D eigenvalue weighted by Crippen LogP contribution is 2.40. The number of anilines is 1. The fourth-order valence-corrected chi connectivity index (χ4v) is 5.46. The first-order valence-electron chi connectivity index (χ1n) is 10.1. The number of carbonyl (C=O) groups excluding carboxylic acids is 2. The molecule has 1 aliphatic rings. The minimum Gasteiger partial charge on any atom is -0.462 e. The van der Waals surface area contributed by atoms with Gasteiger partial charge in [0.1, 0.15) is 5.00 Å². The molecule has 1 aromatic heterocycles. The van der Waals surface area contributed by atoms with Crippen molar-refractivity contribution in [2.75, 3.05) is 11.9 Å². The number of fused-ring (bicyclic) bond motifs is 2. The van der Waals surface area contributed by atoms with Gasteiger partial charge in [-0.15, -0.1) is 11.3 Å². The molecule has 0 bridgehead atoms. The monoisotopic (exact) mass is 407 g/mol. The lowest BCUT2D eigenvalue weighted by atomic mass is 9.88. The number of thiophene rings is 1. The van der Waals surface area contributed by atoms with E-state index in [9.17, 15) is 9.59 Å². The quantitative estimate of drug-likeness (QED) is 0.578. The predicted octanol–water partition coefficient (Wildman–Crippen LogP) is 5.38. The Morgan fingerprint density at radius 3 is 2.79 bits per heavy atom. The summed E-state index contributed by atoms with van der Waals surface area (Å²) in [5.74, 6) is 0.147. The molecule has 29 heavy (non-hydrogen) atoms. The van der Waals surface area contributed by atoms with E-state index in [1.165, 1.54) is 16.2 Å². The molecule has 1 amide bonds. The van der Waals surface area contributed by atoms with Gasteiger partial charge in [0.05, 0.1) is 18.6 Å². The minimum atomic E-state index is -0.333. The van der Waals surface area contributed by atoms with Gasteiger partial charge in [-0.3, -0.25) is 4.79 Å². The standard InChI is InChI=1S/C24H25NO3S/c1-3-28-24(27)22-19-12-11-15(2)13-20(19)29-23(22)25-21(26)14-17-9-6-8-16-7-4-5-10-18(16)17/h4-10,15H,3,11-14H2,1-2H3,(H,25,26)/t15-/m0/s1. The number of ether oxygens (including phenoxy) is 1. The Morgan fingerprint density at radius 2 is 1.97 bits per heavy atom. The third-order valence-electron chi connectivity index (χ3n) is 5.48. The topological polar surface area (TPSA) is 55.4 Å². The van der Waals surface area contributed by atoms with Gasteiger partial charge in [0.25, 0.3) is 0 Å². The van der Waals surface area contributed by atoms with E-state index in [4.69, 9.17) is 4.74 Å². The predicted molar refractivity (Wildman–Crippen MR) is 118 cm³/mol. The number of amides is 1. The van der Waals surface area contributed by atoms with Crippen LogP contribution in [0.4, 0.5) is 5.00 Å². The summed E-state index contributed by atoms with van der Waals surface area (Å²) in [6.07, 6.45) is 3.13. The van der Waals surface area contributed by atoms with E-state index in [1.807, 2.05) is 42.5 Å². The number of rotatable bonds is 5. The summed E-state index contributed by atoms with van der Waals surface area (Å²) < 4.78 is 5.29. The normalized spacial score (nSPS) is 15.7. The van der Waals surface area contributed by atoms with Crippen LogP contribution >= 0.6 is 11.3 Å². The number of benzene rings is 2. The molecule has 0 spiro atoms. The van der Waals surface area contributed by atoms with E-state index >= 15 is 0 Å². The highest BCUT2D eigenvalue weighted by Gasteiger charge is 2.29. The lowest BCUT2D eigenvalue weighted by molar-refractivity contribution is -0.115. The second-order valence-electron chi connectivity index (χ2n) is 7.64. The number of nitrogens with one attached hydrogen (secondary N) is 1. The van der Waals surface area contributed by atoms with Crippen LogP contribution in [0.5, 0.6) is 0 Å². The molecule has 5 heteroatoms. The van der Waals surface area contributed by atoms with Crippen LogP contribution in [0.2, 0.25) is 0 Å². The van der Waals surface area contributed by atoms with Gasteiger partial charge in [0.2, 0.25) is 5.91 Å². The first-order chi connectivity index (χ1) is 14.1. The van der Waals surface area contributed by atoms with Crippen molar-refractivity contribution in [3.8, 4) is 0 Å². The summed E-state index contributed by atoms with van der Waals surface area (Å²) in [5.41, 5.74) is 2.60. The molecule has 4 nitrogen and oxygen atoms in total. The maximum Gasteiger partial charge on any atom is 0.341 e. The molecule has 2 aromatic carbocycles. The van der Waals surface area contributed by atoms with Crippen molar-refractivity contribution < 1.29 is 14.3 Å². The van der Waals surface area contributed by atoms with E-state index in [2.05, 4.69) is 12.2 Å². The van der Waals surface area contributed by atoms with Crippen molar-refractivity contribution in [2.24, 2.45) is 5.92 Å². The zero-order chi connectivity index (χ0) is 20.4. The van der Waals surface area contributed by atoms with Crippen LogP contribution in [0.15, 0.2) is 42.5 Å². The molecule has 0 aliphatic heterocycles. The smallest absolute Gasteiger partial charge is 0.341 e. The number of hydrogen-bond acceptors (Lipinski definition) is 4. The molecule has 1 atom stereocenters. The zero-order valence-electron chi connectivity index (χ0n) is 16.8. The summed E-state index contributed by atoms with van der Waals surface area (Å²) >= 11 is 1.53. The van der Waals surface area contributed by atoms with E-state index in [0.717, 1.165) is 41.2 Å². The minimum absolute atomic E-state index is 0.112. The molecule has 4 rings (SSSR count). The van der Waals surface area contributed by atoms with Gasteiger partial charge in [-0.1, -0.05) is 49.4 Å². The maximum absolute atomic E-state index is 12.9. The first kappa shape index (κ1) is 19.6. The van der Waals surface area contributed by atoms with Gasteiger partial charge in [0, 0.05) is 4.88 Å². The largest absolute Gasteiger partial charge is 0.462 e. The van der Waals surface area contributed by atoms with Crippen LogP contribution in [0.25, 0.3) is 10.8 Å². The van der Waals surface area contributed by atoms with Crippen molar-refractivity contribution in [1.82, 2.24) is 0 Å². The lowest BCUT2D eigenvalue weighted by Gasteiger charge is -2.18. The van der Waals surface area contributed by atoms with Crippen molar-refractivity contribution >= 4 is 39.0 Å². The zero-order valence-corrected chi connectivity index (χ0v) is 17.6. The first-order valence-corrected chi connectivity index (χ1v) is 11.0. The van der Waals surface area contributed by atoms with Gasteiger partial charge < -0.3 is 10.1 Å². The van der Waals surface area contributed by atoms with Gasteiger partial charge in [0.15, 0.2) is 0 Å². The molecule has 0 fully saturated rings. The Bertz CT molecular complexity index is 1060.